The maximum Gasteiger partial charge on any atom is 0.319 e. The van der Waals surface area contributed by atoms with Gasteiger partial charge in [0, 0.05) is 0 Å². The summed E-state index contributed by atoms with van der Waals surface area (Å²) >= 11 is 0. The molecule has 1 aliphatic rings. The van der Waals surface area contributed by atoms with E-state index in [1.807, 2.05) is 0 Å². The molecule has 7 nitrogen and oxygen atoms in total. The normalized spacial score (nSPS) is 20.8. The first kappa shape index (κ1) is 17.1. The van der Waals surface area contributed by atoms with Crippen molar-refractivity contribution in [3.63, 3.8) is 0 Å². The molecule has 1 N–H and O–H groups in total. The molecule has 0 saturated carbocycles. The fourth-order valence-electron chi connectivity index (χ4n) is 2.20. The van der Waals surface area contributed by atoms with Crippen LogP contribution >= 0.6 is 0 Å². The molecular weight excluding hydrogens is 276 g/mol. The lowest BCUT2D eigenvalue weighted by atomic mass is 9.79. The monoisotopic (exact) mass is 298 g/mol. The number of carbonyl (C=O) groups is 4. The van der Waals surface area contributed by atoms with E-state index >= 15 is 0 Å². The van der Waals surface area contributed by atoms with Crippen LogP contribution in [0.1, 0.15) is 34.6 Å². The van der Waals surface area contributed by atoms with Crippen LogP contribution in [0.3, 0.4) is 0 Å². The molecular formula is C14H22N2O5. The Morgan fingerprint density at radius 1 is 1.38 bits per heavy atom. The molecule has 0 aromatic carbocycles. The summed E-state index contributed by atoms with van der Waals surface area (Å²) < 4.78 is 4.96. The van der Waals surface area contributed by atoms with Gasteiger partial charge in [0.25, 0.3) is 0 Å². The zero-order valence-corrected chi connectivity index (χ0v) is 13.1. The van der Waals surface area contributed by atoms with Gasteiger partial charge in [-0.05, 0) is 19.3 Å². The molecule has 1 aliphatic heterocycles. The third-order valence-corrected chi connectivity index (χ3v) is 3.34. The summed E-state index contributed by atoms with van der Waals surface area (Å²) in [6.07, 6.45) is 0. The summed E-state index contributed by atoms with van der Waals surface area (Å²) in [5, 5.41) is 2.16. The van der Waals surface area contributed by atoms with Crippen molar-refractivity contribution in [1.29, 1.82) is 0 Å². The molecule has 1 fully saturated rings. The largest absolute Gasteiger partial charge is 0.465 e. The van der Waals surface area contributed by atoms with E-state index in [9.17, 15) is 19.2 Å². The Balaban J connectivity index is 3.07. The molecule has 1 saturated heterocycles. The lowest BCUT2D eigenvalue weighted by Crippen LogP contribution is -2.61. The Morgan fingerprint density at radius 3 is 2.43 bits per heavy atom. The Labute approximate surface area is 124 Å². The van der Waals surface area contributed by atoms with Gasteiger partial charge in [-0.3, -0.25) is 24.5 Å². The van der Waals surface area contributed by atoms with E-state index in [0.29, 0.717) is 0 Å². The number of rotatable bonds is 3. The summed E-state index contributed by atoms with van der Waals surface area (Å²) in [7, 11) is 0. The SMILES string of the molecule is CCOC(=O)C(C(=O)N1CC(=O)NC(=O)C1C)C(C)(C)C. The lowest BCUT2D eigenvalue weighted by molar-refractivity contribution is -0.165. The van der Waals surface area contributed by atoms with Crippen molar-refractivity contribution in [2.45, 2.75) is 40.7 Å². The number of nitrogens with zero attached hydrogens (tertiary/aromatic N) is 1. The van der Waals surface area contributed by atoms with Crippen LogP contribution in [0.5, 0.6) is 0 Å². The third kappa shape index (κ3) is 3.80. The van der Waals surface area contributed by atoms with E-state index in [1.165, 1.54) is 6.92 Å². The molecule has 0 spiro atoms. The Bertz CT molecular complexity index is 466. The Morgan fingerprint density at radius 2 is 1.95 bits per heavy atom. The van der Waals surface area contributed by atoms with Crippen molar-refractivity contribution in [2.24, 2.45) is 11.3 Å². The van der Waals surface area contributed by atoms with E-state index in [0.717, 1.165) is 4.90 Å². The number of carbonyl (C=O) groups excluding carboxylic acids is 4. The fraction of sp³-hybridized carbons (Fsp3) is 0.714. The molecule has 3 amide bonds. The average molecular weight is 298 g/mol. The maximum atomic E-state index is 12.7. The summed E-state index contributed by atoms with van der Waals surface area (Å²) in [5.74, 6) is -3.35. The minimum absolute atomic E-state index is 0.160. The predicted octanol–water partition coefficient (Wildman–Crippen LogP) is 0.0853. The first-order valence-corrected chi connectivity index (χ1v) is 6.90. The number of hydrogen-bond donors (Lipinski definition) is 1. The van der Waals surface area contributed by atoms with Gasteiger partial charge in [-0.15, -0.1) is 0 Å². The molecule has 0 aliphatic carbocycles. The minimum atomic E-state index is -1.06. The van der Waals surface area contributed by atoms with Crippen molar-refractivity contribution >= 4 is 23.7 Å². The highest BCUT2D eigenvalue weighted by Gasteiger charge is 2.45. The first-order valence-electron chi connectivity index (χ1n) is 6.90. The van der Waals surface area contributed by atoms with Gasteiger partial charge in [-0.1, -0.05) is 20.8 Å². The van der Waals surface area contributed by atoms with Crippen LogP contribution in [0.2, 0.25) is 0 Å². The Hall–Kier alpha value is -1.92. The van der Waals surface area contributed by atoms with E-state index in [4.69, 9.17) is 4.74 Å². The van der Waals surface area contributed by atoms with Crippen LogP contribution in [0.25, 0.3) is 0 Å². The van der Waals surface area contributed by atoms with E-state index in [1.54, 1.807) is 27.7 Å². The van der Waals surface area contributed by atoms with E-state index in [2.05, 4.69) is 5.32 Å². The number of imide groups is 1. The number of hydrogen-bond acceptors (Lipinski definition) is 5. The molecule has 2 atom stereocenters. The van der Waals surface area contributed by atoms with Gasteiger partial charge in [0.15, 0.2) is 0 Å². The molecule has 0 aromatic rings. The highest BCUT2D eigenvalue weighted by Crippen LogP contribution is 2.30. The number of nitrogens with one attached hydrogen (secondary N) is 1. The zero-order valence-electron chi connectivity index (χ0n) is 13.1. The van der Waals surface area contributed by atoms with Crippen molar-refractivity contribution in [3.05, 3.63) is 0 Å². The number of ether oxygens (including phenoxy) is 1. The summed E-state index contributed by atoms with van der Waals surface area (Å²) in [4.78, 5) is 49.0. The number of esters is 1. The van der Waals surface area contributed by atoms with Crippen molar-refractivity contribution in [3.8, 4) is 0 Å². The van der Waals surface area contributed by atoms with Crippen molar-refractivity contribution in [1.82, 2.24) is 10.2 Å². The van der Waals surface area contributed by atoms with Crippen LogP contribution in [-0.2, 0) is 23.9 Å². The average Bonchev–Trinajstić information content (AvgIpc) is 2.32. The zero-order chi connectivity index (χ0) is 16.4. The molecule has 1 heterocycles. The van der Waals surface area contributed by atoms with Gasteiger partial charge in [-0.25, -0.2) is 0 Å². The molecule has 7 heteroatoms. The molecule has 0 radical (unpaired) electrons. The highest BCUT2D eigenvalue weighted by molar-refractivity contribution is 6.07. The summed E-state index contributed by atoms with van der Waals surface area (Å²) in [6, 6.07) is -0.797. The molecule has 118 valence electrons. The molecule has 1 rings (SSSR count). The number of amides is 3. The second-order valence-corrected chi connectivity index (χ2v) is 6.11. The van der Waals surface area contributed by atoms with Gasteiger partial charge in [0.1, 0.15) is 18.5 Å². The number of piperazine rings is 1. The van der Waals surface area contributed by atoms with Crippen molar-refractivity contribution in [2.75, 3.05) is 13.2 Å². The van der Waals surface area contributed by atoms with E-state index < -0.39 is 41.1 Å². The van der Waals surface area contributed by atoms with Gasteiger partial charge < -0.3 is 9.64 Å². The first-order chi connectivity index (χ1) is 9.59. The molecule has 0 aromatic heterocycles. The van der Waals surface area contributed by atoms with Crippen molar-refractivity contribution < 1.29 is 23.9 Å². The third-order valence-electron chi connectivity index (χ3n) is 3.34. The molecule has 0 bridgehead atoms. The minimum Gasteiger partial charge on any atom is -0.465 e. The highest BCUT2D eigenvalue weighted by atomic mass is 16.5. The standard InChI is InChI=1S/C14H22N2O5/c1-6-21-13(20)10(14(3,4)5)12(19)16-7-9(17)15-11(18)8(16)2/h8,10H,6-7H2,1-5H3,(H,15,17,18). The topological polar surface area (TPSA) is 92.8 Å². The second-order valence-electron chi connectivity index (χ2n) is 6.11. The van der Waals surface area contributed by atoms with Gasteiger partial charge >= 0.3 is 5.97 Å². The fourth-order valence-corrected chi connectivity index (χ4v) is 2.20. The van der Waals surface area contributed by atoms with Crippen LogP contribution in [0.15, 0.2) is 0 Å². The molecule has 21 heavy (non-hydrogen) atoms. The lowest BCUT2D eigenvalue weighted by Gasteiger charge is -2.37. The summed E-state index contributed by atoms with van der Waals surface area (Å²) in [5.41, 5.74) is -0.681. The van der Waals surface area contributed by atoms with Crippen LogP contribution in [0.4, 0.5) is 0 Å². The van der Waals surface area contributed by atoms with E-state index in [-0.39, 0.29) is 13.2 Å². The van der Waals surface area contributed by atoms with Crippen LogP contribution in [0, 0.1) is 11.3 Å². The maximum absolute atomic E-state index is 12.7. The van der Waals surface area contributed by atoms with Gasteiger partial charge in [-0.2, -0.15) is 0 Å². The van der Waals surface area contributed by atoms with Crippen LogP contribution in [-0.4, -0.2) is 47.8 Å². The Kier molecular flexibility index (Phi) is 5.09. The van der Waals surface area contributed by atoms with Gasteiger partial charge in [0.2, 0.25) is 17.7 Å². The van der Waals surface area contributed by atoms with Gasteiger partial charge in [0.05, 0.1) is 6.61 Å². The molecule has 2 unspecified atom stereocenters. The summed E-state index contributed by atoms with van der Waals surface area (Å²) in [6.45, 7) is 8.31. The predicted molar refractivity (Wildman–Crippen MR) is 73.9 cm³/mol. The smallest absolute Gasteiger partial charge is 0.319 e. The quantitative estimate of drug-likeness (QED) is 0.453. The second kappa shape index (κ2) is 6.24. The van der Waals surface area contributed by atoms with Crippen LogP contribution < -0.4 is 5.32 Å².